The molecule has 0 aliphatic carbocycles. The molecule has 0 saturated heterocycles. The quantitative estimate of drug-likeness (QED) is 0.852. The van der Waals surface area contributed by atoms with Crippen LogP contribution >= 0.6 is 0 Å². The Kier molecular flexibility index (Phi) is 4.99. The number of hydrogen-bond acceptors (Lipinski definition) is 3. The van der Waals surface area contributed by atoms with E-state index in [4.69, 9.17) is 4.74 Å². The van der Waals surface area contributed by atoms with Crippen LogP contribution in [0.1, 0.15) is 46.4 Å². The van der Waals surface area contributed by atoms with Crippen molar-refractivity contribution in [2.24, 2.45) is 0 Å². The Morgan fingerprint density at radius 2 is 2.26 bits per heavy atom. The Bertz CT molecular complexity index is 489. The van der Waals surface area contributed by atoms with E-state index >= 15 is 0 Å². The van der Waals surface area contributed by atoms with Crippen molar-refractivity contribution in [2.75, 3.05) is 0 Å². The van der Waals surface area contributed by atoms with Crippen LogP contribution in [0.15, 0.2) is 12.5 Å². The van der Waals surface area contributed by atoms with E-state index in [2.05, 4.69) is 22.1 Å². The van der Waals surface area contributed by atoms with Crippen molar-refractivity contribution in [1.82, 2.24) is 14.9 Å². The van der Waals surface area contributed by atoms with Crippen LogP contribution in [0.25, 0.3) is 0 Å². The number of aromatic nitrogens is 2. The zero-order valence-corrected chi connectivity index (χ0v) is 12.2. The predicted molar refractivity (Wildman–Crippen MR) is 73.5 cm³/mol. The van der Waals surface area contributed by atoms with Gasteiger partial charge in [-0.05, 0) is 34.6 Å². The molecule has 0 aliphatic rings. The van der Waals surface area contributed by atoms with Crippen LogP contribution in [0.2, 0.25) is 0 Å². The number of hydrogen-bond donors (Lipinski definition) is 1. The number of rotatable bonds is 3. The van der Waals surface area contributed by atoms with Gasteiger partial charge in [-0.15, -0.1) is 5.92 Å². The van der Waals surface area contributed by atoms with Crippen LogP contribution in [0.3, 0.4) is 0 Å². The number of carbonyl (C=O) groups excluding carboxylic acids is 1. The van der Waals surface area contributed by atoms with E-state index < -0.39 is 11.7 Å². The van der Waals surface area contributed by atoms with Crippen molar-refractivity contribution >= 4 is 6.09 Å². The molecule has 0 fully saturated rings. The Morgan fingerprint density at radius 3 is 2.84 bits per heavy atom. The molecule has 19 heavy (non-hydrogen) atoms. The number of ether oxygens (including phenoxy) is 1. The van der Waals surface area contributed by atoms with E-state index in [1.807, 2.05) is 32.3 Å². The van der Waals surface area contributed by atoms with Gasteiger partial charge < -0.3 is 14.6 Å². The summed E-state index contributed by atoms with van der Waals surface area (Å²) in [5.74, 6) is 5.80. The molecule has 1 N–H and O–H groups in total. The van der Waals surface area contributed by atoms with Gasteiger partial charge in [-0.1, -0.05) is 5.92 Å². The molecule has 0 aliphatic heterocycles. The molecule has 5 heteroatoms. The molecule has 1 heterocycles. The first-order valence-electron chi connectivity index (χ1n) is 6.22. The maximum Gasteiger partial charge on any atom is 0.408 e. The molecule has 0 aromatic carbocycles. The van der Waals surface area contributed by atoms with E-state index in [9.17, 15) is 4.79 Å². The maximum atomic E-state index is 11.7. The SMILES string of the molecule is CC#CCn1cncc1[C@H](C)NC(=O)OC(C)(C)C. The summed E-state index contributed by atoms with van der Waals surface area (Å²) in [7, 11) is 0. The van der Waals surface area contributed by atoms with Crippen molar-refractivity contribution in [3.8, 4) is 11.8 Å². The molecule has 1 rings (SSSR count). The van der Waals surface area contributed by atoms with E-state index in [-0.39, 0.29) is 6.04 Å². The summed E-state index contributed by atoms with van der Waals surface area (Å²) in [5.41, 5.74) is 0.395. The van der Waals surface area contributed by atoms with E-state index in [1.54, 1.807) is 19.4 Å². The minimum Gasteiger partial charge on any atom is -0.444 e. The monoisotopic (exact) mass is 263 g/mol. The zero-order chi connectivity index (χ0) is 14.5. The van der Waals surface area contributed by atoms with Gasteiger partial charge in [0.2, 0.25) is 0 Å². The lowest BCUT2D eigenvalue weighted by Gasteiger charge is -2.22. The molecule has 0 unspecified atom stereocenters. The lowest BCUT2D eigenvalue weighted by atomic mass is 10.2. The highest BCUT2D eigenvalue weighted by molar-refractivity contribution is 5.68. The molecule has 104 valence electrons. The molecular formula is C14H21N3O2. The molecule has 0 saturated carbocycles. The maximum absolute atomic E-state index is 11.7. The molecule has 1 aromatic heterocycles. The summed E-state index contributed by atoms with van der Waals surface area (Å²) < 4.78 is 7.12. The molecule has 1 amide bonds. The Hall–Kier alpha value is -1.96. The van der Waals surface area contributed by atoms with Crippen molar-refractivity contribution in [3.05, 3.63) is 18.2 Å². The third-order valence-corrected chi connectivity index (χ3v) is 2.35. The molecule has 1 atom stereocenters. The fourth-order valence-electron chi connectivity index (χ4n) is 1.55. The highest BCUT2D eigenvalue weighted by Gasteiger charge is 2.19. The van der Waals surface area contributed by atoms with Gasteiger partial charge in [0.1, 0.15) is 5.60 Å². The van der Waals surface area contributed by atoms with Crippen LogP contribution in [0.5, 0.6) is 0 Å². The number of carbonyl (C=O) groups is 1. The smallest absolute Gasteiger partial charge is 0.408 e. The van der Waals surface area contributed by atoms with Gasteiger partial charge in [0.15, 0.2) is 0 Å². The third kappa shape index (κ3) is 5.04. The number of nitrogens with zero attached hydrogens (tertiary/aromatic N) is 2. The number of nitrogens with one attached hydrogen (secondary N) is 1. The Morgan fingerprint density at radius 1 is 1.58 bits per heavy atom. The van der Waals surface area contributed by atoms with Gasteiger partial charge >= 0.3 is 6.09 Å². The van der Waals surface area contributed by atoms with Crippen LogP contribution in [0, 0.1) is 11.8 Å². The zero-order valence-electron chi connectivity index (χ0n) is 12.2. The highest BCUT2D eigenvalue weighted by Crippen LogP contribution is 2.13. The normalized spacial score (nSPS) is 12.3. The van der Waals surface area contributed by atoms with Gasteiger partial charge in [-0.3, -0.25) is 0 Å². The van der Waals surface area contributed by atoms with Crippen LogP contribution in [-0.2, 0) is 11.3 Å². The number of imidazole rings is 1. The molecule has 0 radical (unpaired) electrons. The topological polar surface area (TPSA) is 56.2 Å². The van der Waals surface area contributed by atoms with Crippen LogP contribution in [0.4, 0.5) is 4.79 Å². The van der Waals surface area contributed by atoms with Crippen molar-refractivity contribution in [3.63, 3.8) is 0 Å². The minimum absolute atomic E-state index is 0.184. The summed E-state index contributed by atoms with van der Waals surface area (Å²) >= 11 is 0. The van der Waals surface area contributed by atoms with Gasteiger partial charge in [-0.2, -0.15) is 0 Å². The second-order valence-electron chi connectivity index (χ2n) is 5.24. The summed E-state index contributed by atoms with van der Waals surface area (Å²) in [6.45, 7) is 9.73. The third-order valence-electron chi connectivity index (χ3n) is 2.35. The summed E-state index contributed by atoms with van der Waals surface area (Å²) in [6, 6.07) is -0.184. The van der Waals surface area contributed by atoms with E-state index in [0.29, 0.717) is 6.54 Å². The minimum atomic E-state index is -0.502. The van der Waals surface area contributed by atoms with Crippen LogP contribution < -0.4 is 5.32 Å². The number of amides is 1. The summed E-state index contributed by atoms with van der Waals surface area (Å²) in [5, 5.41) is 2.79. The van der Waals surface area contributed by atoms with Gasteiger partial charge in [0, 0.05) is 0 Å². The van der Waals surface area contributed by atoms with Crippen LogP contribution in [-0.4, -0.2) is 21.2 Å². The van der Waals surface area contributed by atoms with Gasteiger partial charge in [0.25, 0.3) is 0 Å². The van der Waals surface area contributed by atoms with Crippen molar-refractivity contribution in [2.45, 2.75) is 52.8 Å². The van der Waals surface area contributed by atoms with Gasteiger partial charge in [-0.25, -0.2) is 9.78 Å². The largest absolute Gasteiger partial charge is 0.444 e. The molecule has 0 bridgehead atoms. The Labute approximate surface area is 114 Å². The molecular weight excluding hydrogens is 242 g/mol. The number of alkyl carbamates (subject to hydrolysis) is 1. The van der Waals surface area contributed by atoms with Crippen molar-refractivity contribution < 1.29 is 9.53 Å². The summed E-state index contributed by atoms with van der Waals surface area (Å²) in [4.78, 5) is 15.8. The average molecular weight is 263 g/mol. The second-order valence-corrected chi connectivity index (χ2v) is 5.24. The fraction of sp³-hybridized carbons (Fsp3) is 0.571. The first-order chi connectivity index (χ1) is 8.83. The van der Waals surface area contributed by atoms with Crippen molar-refractivity contribution in [1.29, 1.82) is 0 Å². The second kappa shape index (κ2) is 6.28. The Balaban J connectivity index is 2.67. The standard InChI is InChI=1S/C14H21N3O2/c1-6-7-8-17-10-15-9-12(17)11(2)16-13(18)19-14(3,4)5/h9-11H,8H2,1-5H3,(H,16,18)/t11-/m0/s1. The van der Waals surface area contributed by atoms with E-state index in [1.165, 1.54) is 0 Å². The molecule has 1 aromatic rings. The van der Waals surface area contributed by atoms with Gasteiger partial charge in [0.05, 0.1) is 30.8 Å². The lowest BCUT2D eigenvalue weighted by Crippen LogP contribution is -2.34. The van der Waals surface area contributed by atoms with E-state index in [0.717, 1.165) is 5.69 Å². The first-order valence-corrected chi connectivity index (χ1v) is 6.22. The lowest BCUT2D eigenvalue weighted by molar-refractivity contribution is 0.0506. The molecule has 0 spiro atoms. The predicted octanol–water partition coefficient (Wildman–Crippen LogP) is 2.49. The fourth-order valence-corrected chi connectivity index (χ4v) is 1.55. The first kappa shape index (κ1) is 15.1. The molecule has 5 nitrogen and oxygen atoms in total. The average Bonchev–Trinajstić information content (AvgIpc) is 2.71. The summed E-state index contributed by atoms with van der Waals surface area (Å²) in [6.07, 6.45) is 2.99. The highest BCUT2D eigenvalue weighted by atomic mass is 16.6.